The van der Waals surface area contributed by atoms with Gasteiger partial charge in [-0.05, 0) is 60.4 Å². The van der Waals surface area contributed by atoms with Crippen LogP contribution >= 0.6 is 11.6 Å². The molecular formula is C36H36ClN3O7. The van der Waals surface area contributed by atoms with Gasteiger partial charge in [-0.15, -0.1) is 0 Å². The molecule has 6 rings (SSSR count). The van der Waals surface area contributed by atoms with Crippen LogP contribution < -0.4 is 10.7 Å². The average molecular weight is 658 g/mol. The zero-order valence-corrected chi connectivity index (χ0v) is 26.5. The molecule has 1 atom stereocenters. The van der Waals surface area contributed by atoms with Crippen molar-refractivity contribution in [2.45, 2.75) is 57.0 Å². The van der Waals surface area contributed by atoms with E-state index in [1.54, 1.807) is 29.2 Å². The maximum atomic E-state index is 14.0. The SMILES string of the molecule is O=C(N[C@@H](Cc1ccc(Cl)cc1)C(=O)N1CCC(c2ccccc2CN2CCCCC2=O)CC1)c1cc(=O)c2c(O)cc(O)cc2o1. The number of likely N-dealkylation sites (tertiary alicyclic amines) is 2. The Morgan fingerprint density at radius 2 is 1.70 bits per heavy atom. The lowest BCUT2D eigenvalue weighted by atomic mass is 9.86. The second-order valence-corrected chi connectivity index (χ2v) is 12.7. The van der Waals surface area contributed by atoms with Crippen LogP contribution in [0.5, 0.6) is 11.5 Å². The molecule has 2 saturated heterocycles. The summed E-state index contributed by atoms with van der Waals surface area (Å²) in [6, 6.07) is 17.3. The zero-order valence-electron chi connectivity index (χ0n) is 25.8. The van der Waals surface area contributed by atoms with Crippen molar-refractivity contribution >= 4 is 40.3 Å². The molecule has 10 nitrogen and oxygen atoms in total. The minimum absolute atomic E-state index is 0.160. The minimum Gasteiger partial charge on any atom is -0.508 e. The summed E-state index contributed by atoms with van der Waals surface area (Å²) in [6.45, 7) is 2.33. The molecule has 2 aliphatic heterocycles. The van der Waals surface area contributed by atoms with Crippen LogP contribution in [-0.4, -0.2) is 63.4 Å². The summed E-state index contributed by atoms with van der Waals surface area (Å²) >= 11 is 6.08. The lowest BCUT2D eigenvalue weighted by Gasteiger charge is -2.36. The van der Waals surface area contributed by atoms with Gasteiger partial charge in [0, 0.05) is 62.2 Å². The van der Waals surface area contributed by atoms with Gasteiger partial charge in [-0.3, -0.25) is 19.2 Å². The van der Waals surface area contributed by atoms with Gasteiger partial charge in [0.1, 0.15) is 28.5 Å². The Hall–Kier alpha value is -4.83. The molecule has 11 heteroatoms. The number of rotatable bonds is 8. The molecule has 0 bridgehead atoms. The molecule has 1 aromatic heterocycles. The first kappa shape index (κ1) is 32.1. The number of carbonyl (C=O) groups excluding carboxylic acids is 3. The molecule has 3 N–H and O–H groups in total. The first-order chi connectivity index (χ1) is 22.7. The summed E-state index contributed by atoms with van der Waals surface area (Å²) in [4.78, 5) is 56.3. The summed E-state index contributed by atoms with van der Waals surface area (Å²) in [5, 5.41) is 23.1. The van der Waals surface area contributed by atoms with Gasteiger partial charge in [0.15, 0.2) is 11.2 Å². The van der Waals surface area contributed by atoms with E-state index in [4.69, 9.17) is 16.0 Å². The number of hydrogen-bond donors (Lipinski definition) is 3. The summed E-state index contributed by atoms with van der Waals surface area (Å²) in [6.07, 6.45) is 4.18. The van der Waals surface area contributed by atoms with Crippen molar-refractivity contribution in [3.8, 4) is 11.5 Å². The Morgan fingerprint density at radius 3 is 2.45 bits per heavy atom. The van der Waals surface area contributed by atoms with Crippen LogP contribution in [0.2, 0.25) is 5.02 Å². The van der Waals surface area contributed by atoms with E-state index in [1.165, 1.54) is 5.56 Å². The first-order valence-corrected chi connectivity index (χ1v) is 16.2. The maximum absolute atomic E-state index is 14.0. The molecule has 2 aliphatic rings. The molecule has 244 valence electrons. The predicted octanol–water partition coefficient (Wildman–Crippen LogP) is 5.12. The number of phenols is 2. The quantitative estimate of drug-likeness (QED) is 0.239. The van der Waals surface area contributed by atoms with Crippen LogP contribution in [0, 0.1) is 0 Å². The van der Waals surface area contributed by atoms with Crippen molar-refractivity contribution in [3.05, 3.63) is 104 Å². The third-order valence-corrected chi connectivity index (χ3v) is 9.31. The number of fused-ring (bicyclic) bond motifs is 1. The van der Waals surface area contributed by atoms with Crippen LogP contribution in [0.25, 0.3) is 11.0 Å². The number of phenolic OH excluding ortho intramolecular Hbond substituents is 2. The van der Waals surface area contributed by atoms with Gasteiger partial charge in [0.05, 0.1) is 0 Å². The Morgan fingerprint density at radius 1 is 0.957 bits per heavy atom. The van der Waals surface area contributed by atoms with E-state index in [-0.39, 0.29) is 46.6 Å². The van der Waals surface area contributed by atoms with Gasteiger partial charge in [-0.1, -0.05) is 48.0 Å². The monoisotopic (exact) mass is 657 g/mol. The van der Waals surface area contributed by atoms with Crippen molar-refractivity contribution in [3.63, 3.8) is 0 Å². The lowest BCUT2D eigenvalue weighted by Crippen LogP contribution is -2.51. The molecule has 3 heterocycles. The van der Waals surface area contributed by atoms with E-state index in [0.29, 0.717) is 31.1 Å². The number of carbonyl (C=O) groups is 3. The van der Waals surface area contributed by atoms with Gasteiger partial charge in [-0.25, -0.2) is 0 Å². The average Bonchev–Trinajstić information content (AvgIpc) is 3.06. The highest BCUT2D eigenvalue weighted by Crippen LogP contribution is 2.32. The summed E-state index contributed by atoms with van der Waals surface area (Å²) < 4.78 is 5.59. The highest BCUT2D eigenvalue weighted by atomic mass is 35.5. The number of nitrogens with one attached hydrogen (secondary N) is 1. The molecule has 0 saturated carbocycles. The minimum atomic E-state index is -0.976. The Labute approximate surface area is 276 Å². The fourth-order valence-electron chi connectivity index (χ4n) is 6.59. The van der Waals surface area contributed by atoms with Gasteiger partial charge in [0.25, 0.3) is 5.91 Å². The maximum Gasteiger partial charge on any atom is 0.287 e. The highest BCUT2D eigenvalue weighted by Gasteiger charge is 2.32. The standard InChI is InChI=1S/C36H36ClN3O7/c37-25-10-8-22(9-11-25)17-28(38-35(45)32-20-30(43)34-29(42)18-26(41)19-31(34)47-32)36(46)39-15-12-23(13-16-39)27-6-2-1-5-24(27)21-40-14-4-3-7-33(40)44/h1-2,5-6,8-11,18-20,23,28,41-42H,3-4,7,12-17,21H2,(H,38,45)/t28-/m0/s1. The molecule has 4 aromatic rings. The van der Waals surface area contributed by atoms with Crippen molar-refractivity contribution in [1.82, 2.24) is 15.1 Å². The third kappa shape index (κ3) is 7.28. The zero-order chi connectivity index (χ0) is 33.1. The van der Waals surface area contributed by atoms with Gasteiger partial charge >= 0.3 is 0 Å². The fraction of sp³-hybridized carbons (Fsp3) is 0.333. The predicted molar refractivity (Wildman–Crippen MR) is 176 cm³/mol. The van der Waals surface area contributed by atoms with Crippen molar-refractivity contribution < 1.29 is 29.0 Å². The van der Waals surface area contributed by atoms with Crippen LogP contribution in [0.15, 0.2) is 75.9 Å². The van der Waals surface area contributed by atoms with E-state index in [9.17, 15) is 29.4 Å². The summed E-state index contributed by atoms with van der Waals surface area (Å²) in [5.41, 5.74) is 2.29. The van der Waals surface area contributed by atoms with E-state index in [2.05, 4.69) is 17.4 Å². The van der Waals surface area contributed by atoms with Crippen LogP contribution in [0.4, 0.5) is 0 Å². The van der Waals surface area contributed by atoms with Gasteiger partial charge in [0.2, 0.25) is 11.8 Å². The normalized spacial score (nSPS) is 16.3. The third-order valence-electron chi connectivity index (χ3n) is 9.06. The summed E-state index contributed by atoms with van der Waals surface area (Å²) in [5.74, 6) is -1.80. The second kappa shape index (κ2) is 13.9. The number of nitrogens with zero attached hydrogens (tertiary/aromatic N) is 2. The first-order valence-electron chi connectivity index (χ1n) is 15.9. The highest BCUT2D eigenvalue weighted by molar-refractivity contribution is 6.30. The van der Waals surface area contributed by atoms with Crippen molar-refractivity contribution in [2.24, 2.45) is 0 Å². The number of halogens is 1. The molecule has 0 radical (unpaired) electrons. The van der Waals surface area contributed by atoms with E-state index in [0.717, 1.165) is 61.6 Å². The molecule has 2 fully saturated rings. The number of hydrogen-bond acceptors (Lipinski definition) is 7. The smallest absolute Gasteiger partial charge is 0.287 e. The Balaban J connectivity index is 1.19. The molecule has 47 heavy (non-hydrogen) atoms. The Kier molecular flexibility index (Phi) is 9.49. The van der Waals surface area contributed by atoms with Crippen LogP contribution in [0.1, 0.15) is 65.3 Å². The second-order valence-electron chi connectivity index (χ2n) is 12.2. The van der Waals surface area contributed by atoms with Gasteiger partial charge < -0.3 is 29.7 Å². The van der Waals surface area contributed by atoms with Crippen molar-refractivity contribution in [2.75, 3.05) is 19.6 Å². The van der Waals surface area contributed by atoms with E-state index >= 15 is 0 Å². The molecule has 3 amide bonds. The molecular weight excluding hydrogens is 622 g/mol. The summed E-state index contributed by atoms with van der Waals surface area (Å²) in [7, 11) is 0. The molecule has 0 spiro atoms. The van der Waals surface area contributed by atoms with Crippen LogP contribution in [0.3, 0.4) is 0 Å². The topological polar surface area (TPSA) is 140 Å². The van der Waals surface area contributed by atoms with E-state index < -0.39 is 23.1 Å². The molecule has 3 aromatic carbocycles. The van der Waals surface area contributed by atoms with Crippen molar-refractivity contribution in [1.29, 1.82) is 0 Å². The van der Waals surface area contributed by atoms with Crippen LogP contribution in [-0.2, 0) is 22.6 Å². The number of amides is 3. The fourth-order valence-corrected chi connectivity index (χ4v) is 6.72. The van der Waals surface area contributed by atoms with E-state index in [1.807, 2.05) is 17.0 Å². The largest absolute Gasteiger partial charge is 0.508 e. The molecule has 0 aliphatic carbocycles. The van der Waals surface area contributed by atoms with Gasteiger partial charge in [-0.2, -0.15) is 0 Å². The number of aromatic hydroxyl groups is 2. The molecule has 0 unspecified atom stereocenters. The lowest BCUT2D eigenvalue weighted by molar-refractivity contribution is -0.135. The number of benzene rings is 3. The Bertz CT molecular complexity index is 1870. The number of piperidine rings is 2.